The molecule has 0 unspecified atom stereocenters. The maximum absolute atomic E-state index is 12.4. The molecule has 0 saturated heterocycles. The number of carbonyl (C=O) groups excluding carboxylic acids is 1. The minimum absolute atomic E-state index is 0.142. The van der Waals surface area contributed by atoms with Crippen LogP contribution in [0.1, 0.15) is 34.1 Å². The molecule has 1 N–H and O–H groups in total. The van der Waals surface area contributed by atoms with Gasteiger partial charge in [0.25, 0.3) is 5.91 Å². The van der Waals surface area contributed by atoms with Gasteiger partial charge >= 0.3 is 0 Å². The summed E-state index contributed by atoms with van der Waals surface area (Å²) >= 11 is 1.73. The fourth-order valence-electron chi connectivity index (χ4n) is 2.63. The molecule has 126 valence electrons. The molecule has 5 heteroatoms. The van der Waals surface area contributed by atoms with E-state index in [-0.39, 0.29) is 5.91 Å². The summed E-state index contributed by atoms with van der Waals surface area (Å²) in [4.78, 5) is 17.1. The SMILES string of the molecule is COc1cccc(NC(=O)c2ccc(-c3csc(C4CC4)n3)cc2)c1. The van der Waals surface area contributed by atoms with Crippen LogP contribution < -0.4 is 10.1 Å². The van der Waals surface area contributed by atoms with E-state index in [2.05, 4.69) is 10.7 Å². The number of carbonyl (C=O) groups is 1. The molecule has 4 rings (SSSR count). The van der Waals surface area contributed by atoms with Crippen LogP contribution in [0.4, 0.5) is 5.69 Å². The van der Waals surface area contributed by atoms with E-state index in [0.717, 1.165) is 11.3 Å². The zero-order valence-electron chi connectivity index (χ0n) is 13.9. The third-order valence-corrected chi connectivity index (χ3v) is 5.23. The molecule has 1 amide bonds. The Kier molecular flexibility index (Phi) is 4.24. The molecule has 1 aromatic heterocycles. The lowest BCUT2D eigenvalue weighted by Crippen LogP contribution is -2.11. The second-order valence-corrected chi connectivity index (χ2v) is 7.00. The molecule has 2 aromatic carbocycles. The highest BCUT2D eigenvalue weighted by molar-refractivity contribution is 7.10. The largest absolute Gasteiger partial charge is 0.497 e. The molecule has 4 nitrogen and oxygen atoms in total. The second-order valence-electron chi connectivity index (χ2n) is 6.11. The van der Waals surface area contributed by atoms with Gasteiger partial charge in [0.2, 0.25) is 0 Å². The van der Waals surface area contributed by atoms with Crippen LogP contribution in [0.2, 0.25) is 0 Å². The number of aromatic nitrogens is 1. The summed E-state index contributed by atoms with van der Waals surface area (Å²) < 4.78 is 5.17. The maximum atomic E-state index is 12.4. The molecule has 0 spiro atoms. The van der Waals surface area contributed by atoms with Crippen LogP contribution in [0.25, 0.3) is 11.3 Å². The number of thiazole rings is 1. The Hall–Kier alpha value is -2.66. The topological polar surface area (TPSA) is 51.2 Å². The Morgan fingerprint density at radius 2 is 2.00 bits per heavy atom. The highest BCUT2D eigenvalue weighted by atomic mass is 32.1. The number of rotatable bonds is 5. The van der Waals surface area contributed by atoms with Crippen LogP contribution in [0.3, 0.4) is 0 Å². The van der Waals surface area contributed by atoms with Gasteiger partial charge in [0.1, 0.15) is 5.75 Å². The molecule has 1 aliphatic rings. The summed E-state index contributed by atoms with van der Waals surface area (Å²) in [5.41, 5.74) is 3.36. The van der Waals surface area contributed by atoms with Crippen molar-refractivity contribution in [1.29, 1.82) is 0 Å². The number of benzene rings is 2. The first kappa shape index (κ1) is 15.8. The summed E-state index contributed by atoms with van der Waals surface area (Å²) in [6.07, 6.45) is 2.52. The average molecular weight is 350 g/mol. The fourth-order valence-corrected chi connectivity index (χ4v) is 3.63. The van der Waals surface area contributed by atoms with E-state index in [0.29, 0.717) is 22.9 Å². The van der Waals surface area contributed by atoms with Crippen LogP contribution in [0, 0.1) is 0 Å². The fraction of sp³-hybridized carbons (Fsp3) is 0.200. The van der Waals surface area contributed by atoms with E-state index in [4.69, 9.17) is 9.72 Å². The maximum Gasteiger partial charge on any atom is 0.255 e. The second kappa shape index (κ2) is 6.69. The van der Waals surface area contributed by atoms with Gasteiger partial charge in [0.15, 0.2) is 0 Å². The molecule has 3 aromatic rings. The van der Waals surface area contributed by atoms with Crippen LogP contribution >= 0.6 is 11.3 Å². The van der Waals surface area contributed by atoms with E-state index in [1.165, 1.54) is 17.8 Å². The molecule has 1 heterocycles. The van der Waals surface area contributed by atoms with Gasteiger partial charge < -0.3 is 10.1 Å². The summed E-state index contributed by atoms with van der Waals surface area (Å²) in [6, 6.07) is 14.9. The lowest BCUT2D eigenvalue weighted by atomic mass is 10.1. The van der Waals surface area contributed by atoms with Gasteiger partial charge in [-0.1, -0.05) is 18.2 Å². The highest BCUT2D eigenvalue weighted by Gasteiger charge is 2.26. The summed E-state index contributed by atoms with van der Waals surface area (Å²) in [5, 5.41) is 6.21. The smallest absolute Gasteiger partial charge is 0.255 e. The number of hydrogen-bond donors (Lipinski definition) is 1. The third kappa shape index (κ3) is 3.56. The van der Waals surface area contributed by atoms with Gasteiger partial charge in [-0.15, -0.1) is 11.3 Å². The first-order valence-corrected chi connectivity index (χ1v) is 9.12. The first-order chi connectivity index (χ1) is 12.2. The van der Waals surface area contributed by atoms with E-state index in [9.17, 15) is 4.79 Å². The summed E-state index contributed by atoms with van der Waals surface area (Å²) in [7, 11) is 1.60. The normalized spacial score (nSPS) is 13.5. The molecule has 1 fully saturated rings. The molecule has 0 aliphatic heterocycles. The molecule has 0 bridgehead atoms. The van der Waals surface area contributed by atoms with Crippen molar-refractivity contribution >= 4 is 22.9 Å². The molecular formula is C20H18N2O2S. The minimum atomic E-state index is -0.142. The Balaban J connectivity index is 1.47. The van der Waals surface area contributed by atoms with E-state index in [1.807, 2.05) is 42.5 Å². The van der Waals surface area contributed by atoms with Crippen LogP contribution in [0.5, 0.6) is 5.75 Å². The minimum Gasteiger partial charge on any atom is -0.497 e. The van der Waals surface area contributed by atoms with Crippen LogP contribution in [0.15, 0.2) is 53.9 Å². The number of amides is 1. The van der Waals surface area contributed by atoms with Gasteiger partial charge in [0.05, 0.1) is 17.8 Å². The lowest BCUT2D eigenvalue weighted by molar-refractivity contribution is 0.102. The van der Waals surface area contributed by atoms with Crippen molar-refractivity contribution in [1.82, 2.24) is 4.98 Å². The van der Waals surface area contributed by atoms with Crippen molar-refractivity contribution in [2.24, 2.45) is 0 Å². The Labute approximate surface area is 150 Å². The van der Waals surface area contributed by atoms with Gasteiger partial charge in [-0.25, -0.2) is 4.98 Å². The molecule has 0 radical (unpaired) electrons. The van der Waals surface area contributed by atoms with Crippen molar-refractivity contribution in [3.63, 3.8) is 0 Å². The Morgan fingerprint density at radius 3 is 2.72 bits per heavy atom. The lowest BCUT2D eigenvalue weighted by Gasteiger charge is -2.07. The third-order valence-electron chi connectivity index (χ3n) is 4.22. The van der Waals surface area contributed by atoms with Gasteiger partial charge in [-0.3, -0.25) is 4.79 Å². The summed E-state index contributed by atoms with van der Waals surface area (Å²) in [5.74, 6) is 1.24. The predicted octanol–water partition coefficient (Wildman–Crippen LogP) is 4.95. The van der Waals surface area contributed by atoms with Gasteiger partial charge in [0, 0.05) is 34.2 Å². The zero-order valence-corrected chi connectivity index (χ0v) is 14.7. The summed E-state index contributed by atoms with van der Waals surface area (Å²) in [6.45, 7) is 0. The number of hydrogen-bond acceptors (Lipinski definition) is 4. The molecule has 1 aliphatic carbocycles. The number of ether oxygens (including phenoxy) is 1. The van der Waals surface area contributed by atoms with E-state index in [1.54, 1.807) is 24.5 Å². The van der Waals surface area contributed by atoms with Crippen LogP contribution in [-0.4, -0.2) is 18.0 Å². The Bertz CT molecular complexity index is 898. The number of nitrogens with one attached hydrogen (secondary N) is 1. The van der Waals surface area contributed by atoms with E-state index < -0.39 is 0 Å². The van der Waals surface area contributed by atoms with Crippen molar-refractivity contribution < 1.29 is 9.53 Å². The Morgan fingerprint density at radius 1 is 1.20 bits per heavy atom. The van der Waals surface area contributed by atoms with Crippen molar-refractivity contribution in [3.8, 4) is 17.0 Å². The predicted molar refractivity (Wildman–Crippen MR) is 100 cm³/mol. The zero-order chi connectivity index (χ0) is 17.2. The molecular weight excluding hydrogens is 332 g/mol. The standard InChI is InChI=1S/C20H18N2O2S/c1-24-17-4-2-3-16(11-17)21-19(23)14-7-5-13(6-8-14)18-12-25-20(22-18)15-9-10-15/h2-8,11-12,15H,9-10H2,1H3,(H,21,23). The average Bonchev–Trinajstić information content (AvgIpc) is 3.39. The van der Waals surface area contributed by atoms with E-state index >= 15 is 0 Å². The molecule has 1 saturated carbocycles. The monoisotopic (exact) mass is 350 g/mol. The number of nitrogens with zero attached hydrogens (tertiary/aromatic N) is 1. The quantitative estimate of drug-likeness (QED) is 0.708. The van der Waals surface area contributed by atoms with Crippen molar-refractivity contribution in [2.45, 2.75) is 18.8 Å². The van der Waals surface area contributed by atoms with Crippen molar-refractivity contribution in [3.05, 3.63) is 64.5 Å². The van der Waals surface area contributed by atoms with Crippen molar-refractivity contribution in [2.75, 3.05) is 12.4 Å². The van der Waals surface area contributed by atoms with Gasteiger partial charge in [-0.05, 0) is 37.1 Å². The van der Waals surface area contributed by atoms with Gasteiger partial charge in [-0.2, -0.15) is 0 Å². The molecule has 25 heavy (non-hydrogen) atoms. The molecule has 0 atom stereocenters. The first-order valence-electron chi connectivity index (χ1n) is 8.24. The number of methoxy groups -OCH3 is 1. The number of anilines is 1. The van der Waals surface area contributed by atoms with Crippen LogP contribution in [-0.2, 0) is 0 Å². The highest BCUT2D eigenvalue weighted by Crippen LogP contribution is 2.42.